The van der Waals surface area contributed by atoms with Crippen molar-refractivity contribution in [3.05, 3.63) is 0 Å². The number of hydrogen-bond acceptors (Lipinski definition) is 7. The molecule has 0 aromatic heterocycles. The zero-order valence-corrected chi connectivity index (χ0v) is 25.5. The first-order valence-electron chi connectivity index (χ1n) is 16.3. The summed E-state index contributed by atoms with van der Waals surface area (Å²) < 4.78 is 12.7. The highest BCUT2D eigenvalue weighted by molar-refractivity contribution is 5.75. The largest absolute Gasteiger partial charge is 0.456 e. The highest BCUT2D eigenvalue weighted by Gasteiger charge is 2.85. The molecule has 1 heterocycles. The van der Waals surface area contributed by atoms with Crippen LogP contribution in [0.25, 0.3) is 0 Å². The van der Waals surface area contributed by atoms with Crippen LogP contribution in [-0.4, -0.2) is 62.9 Å². The molecule has 5 N–H and O–H groups in total. The molecule has 1 saturated heterocycles. The molecule has 13 atom stereocenters. The summed E-state index contributed by atoms with van der Waals surface area (Å²) in [6.07, 6.45) is 6.88. The summed E-state index contributed by atoms with van der Waals surface area (Å²) >= 11 is 0. The summed E-state index contributed by atoms with van der Waals surface area (Å²) in [5.41, 5.74) is 5.68. The number of carbonyl (C=O) groups is 1. The molecular weight excluding hydrogens is 506 g/mol. The van der Waals surface area contributed by atoms with E-state index in [4.69, 9.17) is 15.2 Å². The molecule has 2 spiro atoms. The van der Waals surface area contributed by atoms with Gasteiger partial charge in [-0.3, -0.25) is 4.79 Å². The third kappa shape index (κ3) is 3.28. The molecule has 0 radical (unpaired) electrons. The van der Waals surface area contributed by atoms with Crippen LogP contribution in [0, 0.1) is 51.2 Å². The van der Waals surface area contributed by atoms with E-state index < -0.39 is 35.6 Å². The predicted molar refractivity (Wildman–Crippen MR) is 150 cm³/mol. The maximum Gasteiger partial charge on any atom is 0.309 e. The fourth-order valence-corrected chi connectivity index (χ4v) is 12.4. The van der Waals surface area contributed by atoms with E-state index in [0.29, 0.717) is 12.3 Å². The first kappa shape index (κ1) is 28.1. The number of fused-ring (bicyclic) bond motifs is 4. The summed E-state index contributed by atoms with van der Waals surface area (Å²) in [5.74, 6) is 0.746. The van der Waals surface area contributed by atoms with E-state index in [2.05, 4.69) is 27.7 Å². The van der Waals surface area contributed by atoms with Gasteiger partial charge in [-0.15, -0.1) is 0 Å². The average molecular weight is 560 g/mol. The monoisotopic (exact) mass is 559 g/mol. The van der Waals surface area contributed by atoms with Crippen LogP contribution < -0.4 is 5.73 Å². The minimum Gasteiger partial charge on any atom is -0.456 e. The summed E-state index contributed by atoms with van der Waals surface area (Å²) in [6.45, 7) is 12.5. The Morgan fingerprint density at radius 3 is 2.30 bits per heavy atom. The van der Waals surface area contributed by atoms with Crippen molar-refractivity contribution in [2.45, 2.75) is 147 Å². The molecular formula is C33H53NO6. The van der Waals surface area contributed by atoms with E-state index in [-0.39, 0.29) is 57.4 Å². The molecule has 0 aromatic carbocycles. The van der Waals surface area contributed by atoms with Crippen LogP contribution in [0.1, 0.15) is 106 Å². The zero-order chi connectivity index (χ0) is 28.8. The lowest BCUT2D eigenvalue weighted by atomic mass is 9.43. The Morgan fingerprint density at radius 2 is 1.65 bits per heavy atom. The quantitative estimate of drug-likeness (QED) is 0.385. The number of esters is 1. The highest BCUT2D eigenvalue weighted by atomic mass is 16.6. The molecule has 40 heavy (non-hydrogen) atoms. The van der Waals surface area contributed by atoms with Gasteiger partial charge in [-0.1, -0.05) is 27.7 Å². The van der Waals surface area contributed by atoms with Gasteiger partial charge < -0.3 is 30.5 Å². The lowest BCUT2D eigenvalue weighted by Gasteiger charge is -2.63. The van der Waals surface area contributed by atoms with Crippen molar-refractivity contribution in [2.24, 2.45) is 57.0 Å². The molecule has 6 aliphatic carbocycles. The molecule has 13 unspecified atom stereocenters. The third-order valence-electron chi connectivity index (χ3n) is 14.5. The Balaban J connectivity index is 1.20. The lowest BCUT2D eigenvalue weighted by Crippen LogP contribution is -2.70. The van der Waals surface area contributed by atoms with Gasteiger partial charge >= 0.3 is 5.97 Å². The molecule has 7 rings (SSSR count). The molecule has 0 amide bonds. The van der Waals surface area contributed by atoms with Crippen molar-refractivity contribution in [1.82, 2.24) is 0 Å². The van der Waals surface area contributed by atoms with E-state index in [1.165, 1.54) is 6.42 Å². The van der Waals surface area contributed by atoms with Crippen LogP contribution in [0.3, 0.4) is 0 Å². The maximum absolute atomic E-state index is 12.7. The Bertz CT molecular complexity index is 1080. The number of nitrogens with two attached hydrogens (primary N) is 1. The van der Waals surface area contributed by atoms with Gasteiger partial charge in [0.1, 0.15) is 0 Å². The van der Waals surface area contributed by atoms with Gasteiger partial charge in [0.15, 0.2) is 6.10 Å². The predicted octanol–water partition coefficient (Wildman–Crippen LogP) is 3.94. The number of carbonyl (C=O) groups excluding carboxylic acids is 1. The normalized spacial score (nSPS) is 55.1. The Hall–Kier alpha value is -0.730. The van der Waals surface area contributed by atoms with E-state index in [0.717, 1.165) is 51.4 Å². The maximum atomic E-state index is 12.7. The number of ether oxygens (including phenoxy) is 2. The number of aliphatic hydroxyl groups is 3. The molecule has 7 aliphatic rings. The van der Waals surface area contributed by atoms with Gasteiger partial charge in [-0.25, -0.2) is 0 Å². The molecule has 7 nitrogen and oxygen atoms in total. The minimum absolute atomic E-state index is 0.0622. The second-order valence-corrected chi connectivity index (χ2v) is 17.0. The Morgan fingerprint density at radius 1 is 1.00 bits per heavy atom. The molecule has 1 aliphatic heterocycles. The van der Waals surface area contributed by atoms with Gasteiger partial charge in [-0.05, 0) is 123 Å². The number of hydrogen-bond donors (Lipinski definition) is 4. The minimum atomic E-state index is -1.26. The van der Waals surface area contributed by atoms with Crippen molar-refractivity contribution in [2.75, 3.05) is 0 Å². The second-order valence-electron chi connectivity index (χ2n) is 17.0. The summed E-state index contributed by atoms with van der Waals surface area (Å²) in [6, 6.07) is 0. The Kier molecular flexibility index (Phi) is 5.79. The third-order valence-corrected chi connectivity index (χ3v) is 14.5. The van der Waals surface area contributed by atoms with Crippen molar-refractivity contribution in [3.63, 3.8) is 0 Å². The summed E-state index contributed by atoms with van der Waals surface area (Å²) in [7, 11) is 0. The number of aliphatic hydroxyl groups excluding tert-OH is 2. The van der Waals surface area contributed by atoms with Crippen LogP contribution in [0.15, 0.2) is 0 Å². The van der Waals surface area contributed by atoms with E-state index in [1.807, 2.05) is 0 Å². The second kappa shape index (κ2) is 8.25. The summed E-state index contributed by atoms with van der Waals surface area (Å²) in [4.78, 5) is 12.7. The van der Waals surface area contributed by atoms with Gasteiger partial charge in [0.25, 0.3) is 0 Å². The Labute approximate surface area is 239 Å². The molecule has 0 bridgehead atoms. The van der Waals surface area contributed by atoms with Crippen LogP contribution >= 0.6 is 0 Å². The van der Waals surface area contributed by atoms with Crippen molar-refractivity contribution in [1.29, 1.82) is 0 Å². The SMILES string of the molecule is CC1CC(C(OC(=O)C2CC2)C(C)(C)O)OC2C1C1(C)CCC34CC35CCC(O)C(C)(C)C5CCC4C1(N)C2O. The fourth-order valence-electron chi connectivity index (χ4n) is 12.4. The highest BCUT2D eigenvalue weighted by Crippen LogP contribution is 2.87. The van der Waals surface area contributed by atoms with Crippen LogP contribution in [0.5, 0.6) is 0 Å². The molecule has 6 saturated carbocycles. The van der Waals surface area contributed by atoms with Gasteiger partial charge in [0.2, 0.25) is 0 Å². The molecule has 226 valence electrons. The molecule has 0 aromatic rings. The van der Waals surface area contributed by atoms with Crippen molar-refractivity contribution in [3.8, 4) is 0 Å². The topological polar surface area (TPSA) is 122 Å². The fraction of sp³-hybridized carbons (Fsp3) is 0.970. The van der Waals surface area contributed by atoms with E-state index in [9.17, 15) is 20.1 Å². The lowest BCUT2D eigenvalue weighted by molar-refractivity contribution is -0.217. The van der Waals surface area contributed by atoms with E-state index in [1.54, 1.807) is 13.8 Å². The number of rotatable bonds is 4. The van der Waals surface area contributed by atoms with E-state index >= 15 is 0 Å². The van der Waals surface area contributed by atoms with Crippen molar-refractivity contribution >= 4 is 5.97 Å². The average Bonchev–Trinajstić information content (AvgIpc) is 3.78. The molecule has 7 heteroatoms. The van der Waals surface area contributed by atoms with Gasteiger partial charge in [0.05, 0.1) is 41.5 Å². The van der Waals surface area contributed by atoms with Crippen LogP contribution in [-0.2, 0) is 14.3 Å². The first-order chi connectivity index (χ1) is 18.5. The van der Waals surface area contributed by atoms with Crippen LogP contribution in [0.2, 0.25) is 0 Å². The summed E-state index contributed by atoms with van der Waals surface area (Å²) in [5, 5.41) is 34.3. The van der Waals surface area contributed by atoms with Gasteiger partial charge in [-0.2, -0.15) is 0 Å². The molecule has 7 fully saturated rings. The standard InChI is InChI=1S/C33H53NO6/c1-17-15-19(26(29(4,5)38)40-27(37)18-7-8-18)39-24-23(17)30(6)13-14-32-16-31(32)12-11-22(35)28(2,3)20(31)9-10-21(32)33(30,34)25(24)36/h17-26,35-36,38H,7-16,34H2,1-6H3. The van der Waals surface area contributed by atoms with Crippen LogP contribution in [0.4, 0.5) is 0 Å². The smallest absolute Gasteiger partial charge is 0.309 e. The zero-order valence-electron chi connectivity index (χ0n) is 25.5. The first-order valence-corrected chi connectivity index (χ1v) is 16.3. The van der Waals surface area contributed by atoms with Gasteiger partial charge in [0, 0.05) is 0 Å². The van der Waals surface area contributed by atoms with Crippen molar-refractivity contribution < 1.29 is 29.6 Å².